The van der Waals surface area contributed by atoms with E-state index in [0.717, 1.165) is 11.1 Å². The number of carbonyl (C=O) groups is 1. The van der Waals surface area contributed by atoms with E-state index in [-0.39, 0.29) is 12.3 Å². The van der Waals surface area contributed by atoms with Crippen molar-refractivity contribution in [2.24, 2.45) is 0 Å². The Bertz CT molecular complexity index is 756. The van der Waals surface area contributed by atoms with Gasteiger partial charge in [-0.1, -0.05) is 29.3 Å². The molecule has 0 fully saturated rings. The standard InChI is InChI=1S/C17H15Cl2NO3/c1-22-13-6-9-7-15(21)20-17(10(9)8-14(13)23-2)16-11(18)4-3-5-12(16)19/h3-6,8,17H,7H2,1-2H3,(H,20,21)/t17-/m0/s1. The van der Waals surface area contributed by atoms with Crippen LogP contribution in [0.4, 0.5) is 0 Å². The Morgan fingerprint density at radius 2 is 1.70 bits per heavy atom. The molecule has 2 aromatic carbocycles. The maximum Gasteiger partial charge on any atom is 0.225 e. The smallest absolute Gasteiger partial charge is 0.225 e. The number of hydrogen-bond acceptors (Lipinski definition) is 3. The fraction of sp³-hybridized carbons (Fsp3) is 0.235. The van der Waals surface area contributed by atoms with Crippen molar-refractivity contribution in [3.8, 4) is 11.5 Å². The molecule has 0 spiro atoms. The Kier molecular flexibility index (Phi) is 4.37. The fourth-order valence-corrected chi connectivity index (χ4v) is 3.45. The molecule has 0 radical (unpaired) electrons. The molecule has 0 unspecified atom stereocenters. The number of rotatable bonds is 3. The first-order valence-corrected chi connectivity index (χ1v) is 7.78. The molecule has 2 aromatic rings. The van der Waals surface area contributed by atoms with Crippen LogP contribution in [0.5, 0.6) is 11.5 Å². The van der Waals surface area contributed by atoms with Gasteiger partial charge in [-0.15, -0.1) is 0 Å². The van der Waals surface area contributed by atoms with Crippen molar-refractivity contribution in [2.75, 3.05) is 14.2 Å². The lowest BCUT2D eigenvalue weighted by atomic mass is 9.89. The van der Waals surface area contributed by atoms with Crippen molar-refractivity contribution in [3.63, 3.8) is 0 Å². The van der Waals surface area contributed by atoms with E-state index in [9.17, 15) is 4.79 Å². The molecular weight excluding hydrogens is 337 g/mol. The van der Waals surface area contributed by atoms with Crippen LogP contribution in [-0.2, 0) is 11.2 Å². The van der Waals surface area contributed by atoms with E-state index in [4.69, 9.17) is 32.7 Å². The van der Waals surface area contributed by atoms with Crippen LogP contribution in [0, 0.1) is 0 Å². The molecule has 1 atom stereocenters. The van der Waals surface area contributed by atoms with Gasteiger partial charge in [-0.3, -0.25) is 4.79 Å². The molecule has 6 heteroatoms. The van der Waals surface area contributed by atoms with Crippen molar-refractivity contribution in [1.82, 2.24) is 5.32 Å². The Hall–Kier alpha value is -1.91. The zero-order valence-electron chi connectivity index (χ0n) is 12.7. The molecule has 1 aliphatic rings. The van der Waals surface area contributed by atoms with Gasteiger partial charge in [-0.25, -0.2) is 0 Å². The van der Waals surface area contributed by atoms with Crippen LogP contribution >= 0.6 is 23.2 Å². The van der Waals surface area contributed by atoms with Crippen molar-refractivity contribution in [2.45, 2.75) is 12.5 Å². The largest absolute Gasteiger partial charge is 0.493 e. The zero-order valence-corrected chi connectivity index (χ0v) is 14.2. The van der Waals surface area contributed by atoms with E-state index in [0.29, 0.717) is 27.1 Å². The highest BCUT2D eigenvalue weighted by molar-refractivity contribution is 6.36. The van der Waals surface area contributed by atoms with Crippen molar-refractivity contribution < 1.29 is 14.3 Å². The number of amides is 1. The summed E-state index contributed by atoms with van der Waals surface area (Å²) in [6.07, 6.45) is 0.272. The molecule has 4 nitrogen and oxygen atoms in total. The van der Waals surface area contributed by atoms with E-state index in [1.807, 2.05) is 12.1 Å². The van der Waals surface area contributed by atoms with E-state index in [2.05, 4.69) is 5.32 Å². The number of ether oxygens (including phenoxy) is 2. The third kappa shape index (κ3) is 2.84. The maximum atomic E-state index is 12.1. The van der Waals surface area contributed by atoms with Gasteiger partial charge in [0.25, 0.3) is 0 Å². The minimum Gasteiger partial charge on any atom is -0.493 e. The summed E-state index contributed by atoms with van der Waals surface area (Å²) in [7, 11) is 3.14. The summed E-state index contributed by atoms with van der Waals surface area (Å²) in [6, 6.07) is 8.54. The Morgan fingerprint density at radius 3 is 2.30 bits per heavy atom. The quantitative estimate of drug-likeness (QED) is 0.915. The summed E-state index contributed by atoms with van der Waals surface area (Å²) in [5.41, 5.74) is 2.45. The first kappa shape index (κ1) is 16.0. The molecule has 0 aromatic heterocycles. The average molecular weight is 352 g/mol. The minimum atomic E-state index is -0.424. The molecule has 23 heavy (non-hydrogen) atoms. The summed E-state index contributed by atoms with van der Waals surface area (Å²) in [6.45, 7) is 0. The lowest BCUT2D eigenvalue weighted by molar-refractivity contribution is -0.121. The SMILES string of the molecule is COc1cc2c(cc1OC)[C@@H](c1c(Cl)cccc1Cl)NC(=O)C2. The predicted octanol–water partition coefficient (Wildman–Crippen LogP) is 3.77. The van der Waals surface area contributed by atoms with Gasteiger partial charge in [0.15, 0.2) is 11.5 Å². The van der Waals surface area contributed by atoms with Gasteiger partial charge < -0.3 is 14.8 Å². The average Bonchev–Trinajstić information content (AvgIpc) is 2.53. The van der Waals surface area contributed by atoms with Gasteiger partial charge in [0.2, 0.25) is 5.91 Å². The van der Waals surface area contributed by atoms with Crippen LogP contribution in [0.3, 0.4) is 0 Å². The molecule has 1 aliphatic heterocycles. The molecule has 0 saturated carbocycles. The van der Waals surface area contributed by atoms with Gasteiger partial charge in [-0.05, 0) is 35.4 Å². The monoisotopic (exact) mass is 351 g/mol. The van der Waals surface area contributed by atoms with Gasteiger partial charge in [0.1, 0.15) is 0 Å². The van der Waals surface area contributed by atoms with Crippen LogP contribution in [0.2, 0.25) is 10.0 Å². The van der Waals surface area contributed by atoms with E-state index < -0.39 is 6.04 Å². The normalized spacial score (nSPS) is 16.5. The van der Waals surface area contributed by atoms with E-state index >= 15 is 0 Å². The van der Waals surface area contributed by atoms with Crippen LogP contribution in [0.25, 0.3) is 0 Å². The number of carbonyl (C=O) groups excluding carboxylic acids is 1. The van der Waals surface area contributed by atoms with Crippen molar-refractivity contribution in [1.29, 1.82) is 0 Å². The third-order valence-corrected chi connectivity index (χ3v) is 4.56. The summed E-state index contributed by atoms with van der Waals surface area (Å²) >= 11 is 12.6. The van der Waals surface area contributed by atoms with Crippen LogP contribution in [0.1, 0.15) is 22.7 Å². The second-order valence-electron chi connectivity index (χ2n) is 5.22. The van der Waals surface area contributed by atoms with Gasteiger partial charge in [0.05, 0.1) is 26.7 Å². The Morgan fingerprint density at radius 1 is 1.09 bits per heavy atom. The zero-order chi connectivity index (χ0) is 16.6. The molecule has 1 heterocycles. The topological polar surface area (TPSA) is 47.6 Å². The lowest BCUT2D eigenvalue weighted by Crippen LogP contribution is -2.36. The molecule has 3 rings (SSSR count). The first-order chi connectivity index (χ1) is 11.0. The minimum absolute atomic E-state index is 0.0919. The molecule has 120 valence electrons. The molecule has 0 bridgehead atoms. The van der Waals surface area contributed by atoms with Crippen LogP contribution in [0.15, 0.2) is 30.3 Å². The summed E-state index contributed by atoms with van der Waals surface area (Å²) < 4.78 is 10.7. The summed E-state index contributed by atoms with van der Waals surface area (Å²) in [5, 5.41) is 3.97. The maximum absolute atomic E-state index is 12.1. The van der Waals surface area contributed by atoms with Crippen LogP contribution in [-0.4, -0.2) is 20.1 Å². The Balaban J connectivity index is 2.20. The highest BCUT2D eigenvalue weighted by atomic mass is 35.5. The molecule has 0 saturated heterocycles. The number of methoxy groups -OCH3 is 2. The van der Waals surface area contributed by atoms with E-state index in [1.54, 1.807) is 32.4 Å². The number of fused-ring (bicyclic) bond motifs is 1. The molecular formula is C17H15Cl2NO3. The molecule has 0 aliphatic carbocycles. The second kappa shape index (κ2) is 6.30. The van der Waals surface area contributed by atoms with Gasteiger partial charge in [0, 0.05) is 15.6 Å². The number of benzene rings is 2. The summed E-state index contributed by atoms with van der Waals surface area (Å²) in [5.74, 6) is 1.09. The fourth-order valence-electron chi connectivity index (χ4n) is 2.84. The third-order valence-electron chi connectivity index (χ3n) is 3.90. The van der Waals surface area contributed by atoms with Gasteiger partial charge in [-0.2, -0.15) is 0 Å². The van der Waals surface area contributed by atoms with Gasteiger partial charge >= 0.3 is 0 Å². The number of nitrogens with one attached hydrogen (secondary N) is 1. The lowest BCUT2D eigenvalue weighted by Gasteiger charge is -2.29. The number of halogens is 2. The number of hydrogen-bond donors (Lipinski definition) is 1. The molecule has 1 N–H and O–H groups in total. The predicted molar refractivity (Wildman–Crippen MR) is 89.7 cm³/mol. The highest BCUT2D eigenvalue weighted by Crippen LogP contribution is 2.41. The Labute approximate surface area is 144 Å². The highest BCUT2D eigenvalue weighted by Gasteiger charge is 2.30. The summed E-state index contributed by atoms with van der Waals surface area (Å²) in [4.78, 5) is 12.1. The van der Waals surface area contributed by atoms with Crippen molar-refractivity contribution in [3.05, 3.63) is 57.1 Å². The first-order valence-electron chi connectivity index (χ1n) is 7.03. The van der Waals surface area contributed by atoms with Crippen molar-refractivity contribution >= 4 is 29.1 Å². The molecule has 1 amide bonds. The van der Waals surface area contributed by atoms with Crippen LogP contribution < -0.4 is 14.8 Å². The second-order valence-corrected chi connectivity index (χ2v) is 6.03. The van der Waals surface area contributed by atoms with E-state index in [1.165, 1.54) is 0 Å².